The minimum atomic E-state index is -0.739. The maximum absolute atomic E-state index is 12.1. The second-order valence-electron chi connectivity index (χ2n) is 6.31. The molecule has 6 nitrogen and oxygen atoms in total. The van der Waals surface area contributed by atoms with E-state index in [0.29, 0.717) is 25.7 Å². The van der Waals surface area contributed by atoms with Gasteiger partial charge in [0.05, 0.1) is 0 Å². The van der Waals surface area contributed by atoms with Crippen LogP contribution in [0.3, 0.4) is 0 Å². The van der Waals surface area contributed by atoms with Crippen molar-refractivity contribution >= 4 is 12.0 Å². The van der Waals surface area contributed by atoms with E-state index < -0.39 is 5.97 Å². The summed E-state index contributed by atoms with van der Waals surface area (Å²) in [6.45, 7) is 6.46. The Hall–Kier alpha value is -1.30. The third-order valence-electron chi connectivity index (χ3n) is 4.68. The second-order valence-corrected chi connectivity index (χ2v) is 6.31. The molecule has 0 saturated carbocycles. The lowest BCUT2D eigenvalue weighted by Crippen LogP contribution is -2.48. The molecule has 1 atom stereocenters. The van der Waals surface area contributed by atoms with Crippen molar-refractivity contribution in [2.24, 2.45) is 5.92 Å². The predicted molar refractivity (Wildman–Crippen MR) is 80.2 cm³/mol. The lowest BCUT2D eigenvalue weighted by Gasteiger charge is -2.32. The van der Waals surface area contributed by atoms with Crippen LogP contribution in [0.1, 0.15) is 39.0 Å². The SMILES string of the molecule is CC(CNC(=O)N1CCC(CC(=O)O)CC1)N1CCCC1. The van der Waals surface area contributed by atoms with Gasteiger partial charge in [0.25, 0.3) is 0 Å². The van der Waals surface area contributed by atoms with Crippen LogP contribution in [-0.4, -0.2) is 65.7 Å². The van der Waals surface area contributed by atoms with Gasteiger partial charge in [-0.25, -0.2) is 4.79 Å². The summed E-state index contributed by atoms with van der Waals surface area (Å²) in [6.07, 6.45) is 4.33. The van der Waals surface area contributed by atoms with Gasteiger partial charge in [0, 0.05) is 32.1 Å². The molecule has 0 aromatic rings. The Morgan fingerprint density at radius 3 is 2.38 bits per heavy atom. The van der Waals surface area contributed by atoms with E-state index in [0.717, 1.165) is 25.9 Å². The summed E-state index contributed by atoms with van der Waals surface area (Å²) in [5.41, 5.74) is 0. The van der Waals surface area contributed by atoms with Gasteiger partial charge in [0.1, 0.15) is 0 Å². The van der Waals surface area contributed by atoms with E-state index >= 15 is 0 Å². The number of urea groups is 1. The van der Waals surface area contributed by atoms with Crippen molar-refractivity contribution in [1.29, 1.82) is 0 Å². The van der Waals surface area contributed by atoms with Crippen molar-refractivity contribution in [1.82, 2.24) is 15.1 Å². The molecule has 2 amide bonds. The van der Waals surface area contributed by atoms with Gasteiger partial charge in [-0.3, -0.25) is 9.69 Å². The van der Waals surface area contributed by atoms with Gasteiger partial charge in [0.15, 0.2) is 0 Å². The number of carboxylic acids is 1. The Balaban J connectivity index is 1.66. The smallest absolute Gasteiger partial charge is 0.317 e. The van der Waals surface area contributed by atoms with E-state index in [1.807, 2.05) is 4.90 Å². The van der Waals surface area contributed by atoms with Gasteiger partial charge in [-0.15, -0.1) is 0 Å². The number of likely N-dealkylation sites (tertiary alicyclic amines) is 2. The van der Waals surface area contributed by atoms with E-state index in [-0.39, 0.29) is 18.4 Å². The number of carbonyl (C=O) groups excluding carboxylic acids is 1. The van der Waals surface area contributed by atoms with Crippen molar-refractivity contribution in [3.8, 4) is 0 Å². The average Bonchev–Trinajstić information content (AvgIpc) is 2.99. The Morgan fingerprint density at radius 1 is 1.19 bits per heavy atom. The molecule has 2 aliphatic heterocycles. The number of piperidine rings is 1. The molecule has 2 aliphatic rings. The molecular weight excluding hydrogens is 270 g/mol. The molecule has 2 N–H and O–H groups in total. The van der Waals surface area contributed by atoms with Gasteiger partial charge < -0.3 is 15.3 Å². The van der Waals surface area contributed by atoms with Crippen LogP contribution >= 0.6 is 0 Å². The highest BCUT2D eigenvalue weighted by Gasteiger charge is 2.25. The van der Waals surface area contributed by atoms with E-state index in [4.69, 9.17) is 5.11 Å². The molecule has 0 bridgehead atoms. The summed E-state index contributed by atoms with van der Waals surface area (Å²) in [5, 5.41) is 11.8. The van der Waals surface area contributed by atoms with Crippen molar-refractivity contribution in [2.75, 3.05) is 32.7 Å². The molecule has 0 aliphatic carbocycles. The molecule has 0 radical (unpaired) electrons. The number of carboxylic acid groups (broad SMARTS) is 1. The van der Waals surface area contributed by atoms with Gasteiger partial charge in [-0.05, 0) is 51.6 Å². The van der Waals surface area contributed by atoms with Crippen LogP contribution in [0, 0.1) is 5.92 Å². The summed E-state index contributed by atoms with van der Waals surface area (Å²) in [4.78, 5) is 27.0. The van der Waals surface area contributed by atoms with Gasteiger partial charge in [0.2, 0.25) is 0 Å². The van der Waals surface area contributed by atoms with E-state index in [2.05, 4.69) is 17.1 Å². The third-order valence-corrected chi connectivity index (χ3v) is 4.68. The maximum atomic E-state index is 12.1. The fraction of sp³-hybridized carbons (Fsp3) is 0.867. The fourth-order valence-corrected chi connectivity index (χ4v) is 3.25. The second kappa shape index (κ2) is 7.64. The quantitative estimate of drug-likeness (QED) is 0.804. The van der Waals surface area contributed by atoms with Crippen LogP contribution in [0.5, 0.6) is 0 Å². The maximum Gasteiger partial charge on any atom is 0.317 e. The number of aliphatic carboxylic acids is 1. The largest absolute Gasteiger partial charge is 0.481 e. The van der Waals surface area contributed by atoms with Crippen molar-refractivity contribution in [3.63, 3.8) is 0 Å². The third kappa shape index (κ3) is 4.88. The first-order chi connectivity index (χ1) is 10.1. The normalized spacial score (nSPS) is 22.2. The first-order valence-corrected chi connectivity index (χ1v) is 8.05. The predicted octanol–water partition coefficient (Wildman–Crippen LogP) is 1.37. The molecule has 6 heteroatoms. The minimum Gasteiger partial charge on any atom is -0.481 e. The summed E-state index contributed by atoms with van der Waals surface area (Å²) in [7, 11) is 0. The minimum absolute atomic E-state index is 0.00479. The van der Waals surface area contributed by atoms with Crippen LogP contribution in [0.2, 0.25) is 0 Å². The molecule has 0 aromatic heterocycles. The van der Waals surface area contributed by atoms with Gasteiger partial charge in [-0.1, -0.05) is 0 Å². The Bertz CT molecular complexity index is 361. The summed E-state index contributed by atoms with van der Waals surface area (Å²) >= 11 is 0. The Morgan fingerprint density at radius 2 is 1.81 bits per heavy atom. The molecule has 0 aromatic carbocycles. The molecule has 2 heterocycles. The number of carbonyl (C=O) groups is 2. The monoisotopic (exact) mass is 297 g/mol. The first kappa shape index (κ1) is 16.1. The molecule has 2 rings (SSSR count). The van der Waals surface area contributed by atoms with Gasteiger partial charge >= 0.3 is 12.0 Å². The number of nitrogens with one attached hydrogen (secondary N) is 1. The van der Waals surface area contributed by atoms with E-state index in [1.165, 1.54) is 12.8 Å². The van der Waals surface area contributed by atoms with E-state index in [1.54, 1.807) is 0 Å². The topological polar surface area (TPSA) is 72.9 Å². The zero-order chi connectivity index (χ0) is 15.2. The molecule has 1 unspecified atom stereocenters. The lowest BCUT2D eigenvalue weighted by atomic mass is 9.94. The van der Waals surface area contributed by atoms with Crippen LogP contribution in [0.25, 0.3) is 0 Å². The van der Waals surface area contributed by atoms with Crippen molar-refractivity contribution < 1.29 is 14.7 Å². The number of amides is 2. The standard InChI is InChI=1S/C15H27N3O3/c1-12(17-6-2-3-7-17)11-16-15(21)18-8-4-13(5-9-18)10-14(19)20/h12-13H,2-11H2,1H3,(H,16,21)(H,19,20). The Kier molecular flexibility index (Phi) is 5.85. The number of rotatable bonds is 5. The van der Waals surface area contributed by atoms with Crippen LogP contribution < -0.4 is 5.32 Å². The highest BCUT2D eigenvalue weighted by molar-refractivity contribution is 5.74. The molecule has 2 fully saturated rings. The zero-order valence-corrected chi connectivity index (χ0v) is 12.9. The average molecular weight is 297 g/mol. The van der Waals surface area contributed by atoms with Crippen molar-refractivity contribution in [3.05, 3.63) is 0 Å². The lowest BCUT2D eigenvalue weighted by molar-refractivity contribution is -0.138. The summed E-state index contributed by atoms with van der Waals surface area (Å²) in [5.74, 6) is -0.521. The highest BCUT2D eigenvalue weighted by atomic mass is 16.4. The zero-order valence-electron chi connectivity index (χ0n) is 12.9. The number of nitrogens with zero attached hydrogens (tertiary/aromatic N) is 2. The molecule has 0 spiro atoms. The van der Waals surface area contributed by atoms with Crippen LogP contribution in [0.4, 0.5) is 4.79 Å². The highest BCUT2D eigenvalue weighted by Crippen LogP contribution is 2.20. The summed E-state index contributed by atoms with van der Waals surface area (Å²) < 4.78 is 0. The van der Waals surface area contributed by atoms with E-state index in [9.17, 15) is 9.59 Å². The molecule has 21 heavy (non-hydrogen) atoms. The molecular formula is C15H27N3O3. The number of hydrogen-bond donors (Lipinski definition) is 2. The molecule has 2 saturated heterocycles. The van der Waals surface area contributed by atoms with Crippen LogP contribution in [0.15, 0.2) is 0 Å². The number of hydrogen-bond acceptors (Lipinski definition) is 3. The fourth-order valence-electron chi connectivity index (χ4n) is 3.25. The first-order valence-electron chi connectivity index (χ1n) is 8.05. The summed E-state index contributed by atoms with van der Waals surface area (Å²) in [6, 6.07) is 0.385. The van der Waals surface area contributed by atoms with Gasteiger partial charge in [-0.2, -0.15) is 0 Å². The molecule has 120 valence electrons. The Labute approximate surface area is 126 Å². The van der Waals surface area contributed by atoms with Crippen molar-refractivity contribution in [2.45, 2.75) is 45.1 Å². The van der Waals surface area contributed by atoms with Crippen LogP contribution in [-0.2, 0) is 4.79 Å².